The highest BCUT2D eigenvalue weighted by Crippen LogP contribution is 2.20. The number of ether oxygens (including phenoxy) is 1. The number of aliphatic hydroxyl groups excluding tert-OH is 1. The zero-order valence-electron chi connectivity index (χ0n) is 15.4. The lowest BCUT2D eigenvalue weighted by molar-refractivity contribution is 0.106. The number of halogens is 1. The van der Waals surface area contributed by atoms with E-state index in [1.807, 2.05) is 24.3 Å². The normalized spacial score (nSPS) is 12.6. The van der Waals surface area contributed by atoms with Gasteiger partial charge >= 0.3 is 0 Å². The van der Waals surface area contributed by atoms with Crippen molar-refractivity contribution >= 4 is 27.3 Å². The van der Waals surface area contributed by atoms with Crippen molar-refractivity contribution < 1.29 is 18.3 Å². The van der Waals surface area contributed by atoms with E-state index < -0.39 is 16.1 Å². The molecule has 0 fully saturated rings. The number of hydrogen-bond acceptors (Lipinski definition) is 5. The average Bonchev–Trinajstić information content (AvgIpc) is 2.63. The molecule has 2 aromatic rings. The Kier molecular flexibility index (Phi) is 7.91. The molecule has 0 saturated heterocycles. The molecule has 2 rings (SSSR count). The van der Waals surface area contributed by atoms with Crippen molar-refractivity contribution in [3.8, 4) is 5.75 Å². The lowest BCUT2D eigenvalue weighted by Crippen LogP contribution is -2.32. The maximum atomic E-state index is 11.5. The van der Waals surface area contributed by atoms with E-state index in [4.69, 9.17) is 16.3 Å². The van der Waals surface area contributed by atoms with Gasteiger partial charge in [0.1, 0.15) is 18.5 Å². The van der Waals surface area contributed by atoms with Crippen LogP contribution in [0.15, 0.2) is 48.5 Å². The summed E-state index contributed by atoms with van der Waals surface area (Å²) < 4.78 is 29.8. The fraction of sp³-hybridized carbons (Fsp3) is 0.368. The van der Waals surface area contributed by atoms with Crippen LogP contribution in [0.4, 0.5) is 5.69 Å². The van der Waals surface area contributed by atoms with Gasteiger partial charge in [0.25, 0.3) is 0 Å². The first kappa shape index (κ1) is 21.5. The minimum Gasteiger partial charge on any atom is -0.491 e. The molecule has 0 bridgehead atoms. The summed E-state index contributed by atoms with van der Waals surface area (Å²) in [4.78, 5) is 0. The maximum Gasteiger partial charge on any atom is 0.231 e. The number of anilines is 1. The van der Waals surface area contributed by atoms with Gasteiger partial charge in [-0.1, -0.05) is 23.7 Å². The Bertz CT molecular complexity index is 828. The molecule has 1 atom stereocenters. The molecule has 0 aliphatic rings. The summed E-state index contributed by atoms with van der Waals surface area (Å²) in [5.74, 6) is 0.568. The number of nitrogens with one attached hydrogen (secondary N) is 1. The molecule has 2 N–H and O–H groups in total. The van der Waals surface area contributed by atoms with Crippen LogP contribution < -0.4 is 14.4 Å². The Hall–Kier alpha value is -1.80. The van der Waals surface area contributed by atoms with E-state index in [0.29, 0.717) is 18.0 Å². The first-order valence-corrected chi connectivity index (χ1v) is 10.8. The molecule has 0 amide bonds. The predicted octanol–water partition coefficient (Wildman–Crippen LogP) is 2.31. The molecule has 0 radical (unpaired) electrons. The standard InChI is InChI=1S/C19H25ClN2O4S/c1-22(27(2,24)25)17-6-8-19(9-7-17)26-14-18(23)13-21-11-10-15-4-3-5-16(20)12-15/h3-9,12,18,21,23H,10-11,13-14H2,1-2H3. The molecule has 0 heterocycles. The minimum atomic E-state index is -3.29. The Labute approximate surface area is 165 Å². The third-order valence-electron chi connectivity index (χ3n) is 4.00. The monoisotopic (exact) mass is 412 g/mol. The molecular weight excluding hydrogens is 388 g/mol. The Morgan fingerprint density at radius 1 is 1.22 bits per heavy atom. The lowest BCUT2D eigenvalue weighted by atomic mass is 10.1. The number of benzene rings is 2. The van der Waals surface area contributed by atoms with Crippen LogP contribution in [0.3, 0.4) is 0 Å². The molecule has 0 aliphatic carbocycles. The highest BCUT2D eigenvalue weighted by atomic mass is 35.5. The molecule has 1 unspecified atom stereocenters. The van der Waals surface area contributed by atoms with Crippen LogP contribution in [0.25, 0.3) is 0 Å². The summed E-state index contributed by atoms with van der Waals surface area (Å²) in [6, 6.07) is 14.4. The van der Waals surface area contributed by atoms with Gasteiger partial charge in [0, 0.05) is 18.6 Å². The zero-order chi connectivity index (χ0) is 19.9. The van der Waals surface area contributed by atoms with E-state index in [1.54, 1.807) is 24.3 Å². The van der Waals surface area contributed by atoms with Gasteiger partial charge in [-0.15, -0.1) is 0 Å². The number of rotatable bonds is 10. The van der Waals surface area contributed by atoms with Crippen molar-refractivity contribution in [3.63, 3.8) is 0 Å². The third kappa shape index (κ3) is 7.38. The Morgan fingerprint density at radius 3 is 2.56 bits per heavy atom. The van der Waals surface area contributed by atoms with E-state index in [-0.39, 0.29) is 6.61 Å². The van der Waals surface area contributed by atoms with Crippen LogP contribution >= 0.6 is 11.6 Å². The highest BCUT2D eigenvalue weighted by Gasteiger charge is 2.12. The predicted molar refractivity (Wildman–Crippen MR) is 109 cm³/mol. The van der Waals surface area contributed by atoms with Crippen molar-refractivity contribution in [2.45, 2.75) is 12.5 Å². The van der Waals surface area contributed by atoms with E-state index in [2.05, 4.69) is 5.32 Å². The molecule has 2 aromatic carbocycles. The van der Waals surface area contributed by atoms with Crippen LogP contribution in [-0.2, 0) is 16.4 Å². The van der Waals surface area contributed by atoms with Gasteiger partial charge in [-0.05, 0) is 54.9 Å². The van der Waals surface area contributed by atoms with Gasteiger partial charge in [-0.25, -0.2) is 8.42 Å². The highest BCUT2D eigenvalue weighted by molar-refractivity contribution is 7.92. The SMILES string of the molecule is CN(c1ccc(OCC(O)CNCCc2cccc(Cl)c2)cc1)S(C)(=O)=O. The second-order valence-corrected chi connectivity index (χ2v) is 8.72. The molecule has 0 saturated carbocycles. The molecular formula is C19H25ClN2O4S. The van der Waals surface area contributed by atoms with Crippen molar-refractivity contribution in [1.29, 1.82) is 0 Å². The second kappa shape index (κ2) is 9.94. The summed E-state index contributed by atoms with van der Waals surface area (Å²) >= 11 is 5.95. The van der Waals surface area contributed by atoms with Crippen LogP contribution in [0.2, 0.25) is 5.02 Å². The number of nitrogens with zero attached hydrogens (tertiary/aromatic N) is 1. The van der Waals surface area contributed by atoms with Gasteiger partial charge in [-0.2, -0.15) is 0 Å². The minimum absolute atomic E-state index is 0.144. The number of hydrogen-bond donors (Lipinski definition) is 2. The van der Waals surface area contributed by atoms with Crippen LogP contribution in [-0.4, -0.2) is 52.6 Å². The van der Waals surface area contributed by atoms with Gasteiger partial charge in [0.15, 0.2) is 0 Å². The molecule has 0 aromatic heterocycles. The molecule has 0 spiro atoms. The van der Waals surface area contributed by atoms with Gasteiger partial charge in [0.05, 0.1) is 11.9 Å². The zero-order valence-corrected chi connectivity index (χ0v) is 17.0. The fourth-order valence-corrected chi connectivity index (χ4v) is 3.11. The smallest absolute Gasteiger partial charge is 0.231 e. The Balaban J connectivity index is 1.70. The molecule has 8 heteroatoms. The van der Waals surface area contributed by atoms with Crippen LogP contribution in [0.1, 0.15) is 5.56 Å². The largest absolute Gasteiger partial charge is 0.491 e. The summed E-state index contributed by atoms with van der Waals surface area (Å²) in [5, 5.41) is 13.9. The molecule has 6 nitrogen and oxygen atoms in total. The molecule has 27 heavy (non-hydrogen) atoms. The third-order valence-corrected chi connectivity index (χ3v) is 5.44. The average molecular weight is 413 g/mol. The molecule has 0 aliphatic heterocycles. The van der Waals surface area contributed by atoms with Crippen LogP contribution in [0.5, 0.6) is 5.75 Å². The summed E-state index contributed by atoms with van der Waals surface area (Å²) in [7, 11) is -1.80. The van der Waals surface area contributed by atoms with E-state index in [9.17, 15) is 13.5 Å². The second-order valence-electron chi connectivity index (χ2n) is 6.27. The quantitative estimate of drug-likeness (QED) is 0.585. The van der Waals surface area contributed by atoms with Crippen molar-refractivity contribution in [2.75, 3.05) is 37.3 Å². The van der Waals surface area contributed by atoms with E-state index in [0.717, 1.165) is 29.8 Å². The summed E-state index contributed by atoms with van der Waals surface area (Å²) in [6.07, 6.45) is 1.32. The number of aliphatic hydroxyl groups is 1. The van der Waals surface area contributed by atoms with Crippen molar-refractivity contribution in [3.05, 3.63) is 59.1 Å². The van der Waals surface area contributed by atoms with Crippen molar-refractivity contribution in [2.24, 2.45) is 0 Å². The number of sulfonamides is 1. The Morgan fingerprint density at radius 2 is 1.93 bits per heavy atom. The summed E-state index contributed by atoms with van der Waals surface area (Å²) in [6.45, 7) is 1.28. The lowest BCUT2D eigenvalue weighted by Gasteiger charge is -2.17. The molecule has 148 valence electrons. The van der Waals surface area contributed by atoms with Crippen molar-refractivity contribution in [1.82, 2.24) is 5.32 Å². The fourth-order valence-electron chi connectivity index (χ4n) is 2.39. The first-order chi connectivity index (χ1) is 12.8. The summed E-state index contributed by atoms with van der Waals surface area (Å²) in [5.41, 5.74) is 1.69. The first-order valence-electron chi connectivity index (χ1n) is 8.55. The topological polar surface area (TPSA) is 78.9 Å². The van der Waals surface area contributed by atoms with Gasteiger partial charge in [-0.3, -0.25) is 4.31 Å². The van der Waals surface area contributed by atoms with Gasteiger partial charge < -0.3 is 15.2 Å². The van der Waals surface area contributed by atoms with Crippen LogP contribution in [0, 0.1) is 0 Å². The van der Waals surface area contributed by atoms with E-state index in [1.165, 1.54) is 11.4 Å². The van der Waals surface area contributed by atoms with Gasteiger partial charge in [0.2, 0.25) is 10.0 Å². The van der Waals surface area contributed by atoms with E-state index >= 15 is 0 Å². The maximum absolute atomic E-state index is 11.5.